The van der Waals surface area contributed by atoms with E-state index in [1.54, 1.807) is 0 Å². The van der Waals surface area contributed by atoms with Crippen LogP contribution in [0.3, 0.4) is 0 Å². The maximum absolute atomic E-state index is 5.36. The third-order valence-electron chi connectivity index (χ3n) is 1.71. The van der Waals surface area contributed by atoms with Gasteiger partial charge >= 0.3 is 0 Å². The quantitative estimate of drug-likeness (QED) is 0.524. The van der Waals surface area contributed by atoms with Crippen LogP contribution >= 0.6 is 0 Å². The molecule has 0 aromatic heterocycles. The Morgan fingerprint density at radius 2 is 2.33 bits per heavy atom. The topological polar surface area (TPSA) is 9.23 Å². The smallest absolute Gasteiger partial charge is 0.100 e. The molecule has 0 radical (unpaired) electrons. The van der Waals surface area contributed by atoms with Gasteiger partial charge in [0.1, 0.15) is 6.10 Å². The van der Waals surface area contributed by atoms with Crippen molar-refractivity contribution in [1.29, 1.82) is 0 Å². The predicted molar refractivity (Wildman–Crippen MR) is 38.1 cm³/mol. The van der Waals surface area contributed by atoms with E-state index >= 15 is 0 Å². The summed E-state index contributed by atoms with van der Waals surface area (Å²) < 4.78 is 5.36. The minimum atomic E-state index is 0.468. The van der Waals surface area contributed by atoms with Crippen molar-refractivity contribution < 1.29 is 4.74 Å². The molecule has 1 rings (SSSR count). The van der Waals surface area contributed by atoms with Crippen molar-refractivity contribution in [2.75, 3.05) is 0 Å². The molecule has 0 saturated carbocycles. The van der Waals surface area contributed by atoms with Crippen LogP contribution in [0.15, 0.2) is 12.3 Å². The lowest BCUT2D eigenvalue weighted by Crippen LogP contribution is -2.18. The van der Waals surface area contributed by atoms with Gasteiger partial charge in [-0.1, -0.05) is 13.8 Å². The van der Waals surface area contributed by atoms with Gasteiger partial charge in [0.25, 0.3) is 0 Å². The molecule has 1 atom stereocenters. The van der Waals surface area contributed by atoms with Crippen LogP contribution in [0.2, 0.25) is 0 Å². The van der Waals surface area contributed by atoms with Crippen LogP contribution in [0.5, 0.6) is 0 Å². The number of hydrogen-bond acceptors (Lipinski definition) is 1. The van der Waals surface area contributed by atoms with Crippen molar-refractivity contribution in [1.82, 2.24) is 0 Å². The van der Waals surface area contributed by atoms with Crippen molar-refractivity contribution in [3.05, 3.63) is 12.3 Å². The molecule has 0 amide bonds. The second kappa shape index (κ2) is 2.90. The molecule has 0 bridgehead atoms. The standard InChI is InChI=1S/C8H14O/c1-7(2)8-5-3-4-6-9-8/h4,6-8H,3,5H2,1-2H3. The van der Waals surface area contributed by atoms with Crippen molar-refractivity contribution in [2.24, 2.45) is 5.92 Å². The summed E-state index contributed by atoms with van der Waals surface area (Å²) in [6.45, 7) is 4.40. The Morgan fingerprint density at radius 3 is 2.67 bits per heavy atom. The first kappa shape index (κ1) is 6.66. The second-order valence-corrected chi connectivity index (χ2v) is 2.87. The number of allylic oxidation sites excluding steroid dienone is 1. The van der Waals surface area contributed by atoms with Crippen LogP contribution in [-0.4, -0.2) is 6.10 Å². The van der Waals surface area contributed by atoms with E-state index in [1.165, 1.54) is 12.8 Å². The second-order valence-electron chi connectivity index (χ2n) is 2.87. The summed E-state index contributed by atoms with van der Waals surface area (Å²) in [5.74, 6) is 0.662. The highest BCUT2D eigenvalue weighted by Gasteiger charge is 2.13. The van der Waals surface area contributed by atoms with Crippen molar-refractivity contribution in [3.8, 4) is 0 Å². The fraction of sp³-hybridized carbons (Fsp3) is 0.750. The molecule has 0 aromatic rings. The van der Waals surface area contributed by atoms with Crippen molar-refractivity contribution >= 4 is 0 Å². The van der Waals surface area contributed by atoms with Crippen LogP contribution in [-0.2, 0) is 4.74 Å². The maximum atomic E-state index is 5.36. The minimum absolute atomic E-state index is 0.468. The van der Waals surface area contributed by atoms with Crippen LogP contribution < -0.4 is 0 Å². The third-order valence-corrected chi connectivity index (χ3v) is 1.71. The van der Waals surface area contributed by atoms with E-state index in [-0.39, 0.29) is 0 Å². The van der Waals surface area contributed by atoms with E-state index in [0.717, 1.165) is 0 Å². The summed E-state index contributed by atoms with van der Waals surface area (Å²) in [7, 11) is 0. The van der Waals surface area contributed by atoms with Gasteiger partial charge in [0.15, 0.2) is 0 Å². The normalized spacial score (nSPS) is 26.3. The van der Waals surface area contributed by atoms with Crippen LogP contribution in [0.4, 0.5) is 0 Å². The molecule has 0 saturated heterocycles. The van der Waals surface area contributed by atoms with E-state index in [1.807, 2.05) is 6.26 Å². The fourth-order valence-electron chi connectivity index (χ4n) is 1.04. The monoisotopic (exact) mass is 126 g/mol. The lowest BCUT2D eigenvalue weighted by molar-refractivity contribution is 0.0829. The predicted octanol–water partition coefficient (Wildman–Crippen LogP) is 2.34. The van der Waals surface area contributed by atoms with Crippen molar-refractivity contribution in [3.63, 3.8) is 0 Å². The zero-order valence-electron chi connectivity index (χ0n) is 6.13. The lowest BCUT2D eigenvalue weighted by Gasteiger charge is -2.22. The van der Waals surface area contributed by atoms with Gasteiger partial charge in [0.2, 0.25) is 0 Å². The molecule has 1 heteroatoms. The van der Waals surface area contributed by atoms with Gasteiger partial charge in [-0.2, -0.15) is 0 Å². The van der Waals surface area contributed by atoms with E-state index in [4.69, 9.17) is 4.74 Å². The van der Waals surface area contributed by atoms with Gasteiger partial charge in [-0.05, 0) is 24.8 Å². The largest absolute Gasteiger partial charge is 0.498 e. The number of hydrogen-bond donors (Lipinski definition) is 0. The van der Waals surface area contributed by atoms with Crippen molar-refractivity contribution in [2.45, 2.75) is 32.8 Å². The maximum Gasteiger partial charge on any atom is 0.100 e. The summed E-state index contributed by atoms with van der Waals surface area (Å²) >= 11 is 0. The van der Waals surface area contributed by atoms with Gasteiger partial charge in [-0.3, -0.25) is 0 Å². The average Bonchev–Trinajstić information content (AvgIpc) is 1.90. The number of ether oxygens (including phenoxy) is 1. The average molecular weight is 126 g/mol. The Morgan fingerprint density at radius 1 is 1.56 bits per heavy atom. The molecule has 52 valence electrons. The molecule has 1 nitrogen and oxygen atoms in total. The molecule has 0 fully saturated rings. The van der Waals surface area contributed by atoms with Gasteiger partial charge in [0.05, 0.1) is 6.26 Å². The molecule has 9 heavy (non-hydrogen) atoms. The summed E-state index contributed by atoms with van der Waals surface area (Å²) in [6.07, 6.45) is 6.75. The van der Waals surface area contributed by atoms with Gasteiger partial charge in [0, 0.05) is 0 Å². The van der Waals surface area contributed by atoms with Gasteiger partial charge < -0.3 is 4.74 Å². The first-order valence-electron chi connectivity index (χ1n) is 3.61. The Balaban J connectivity index is 2.35. The SMILES string of the molecule is CC(C)C1CCC=CO1. The highest BCUT2D eigenvalue weighted by atomic mass is 16.5. The lowest BCUT2D eigenvalue weighted by atomic mass is 10.0. The molecular formula is C8H14O. The van der Waals surface area contributed by atoms with Crippen LogP contribution in [0, 0.1) is 5.92 Å². The van der Waals surface area contributed by atoms with E-state index < -0.39 is 0 Å². The fourth-order valence-corrected chi connectivity index (χ4v) is 1.04. The first-order valence-corrected chi connectivity index (χ1v) is 3.61. The summed E-state index contributed by atoms with van der Waals surface area (Å²) in [6, 6.07) is 0. The summed E-state index contributed by atoms with van der Waals surface area (Å²) in [4.78, 5) is 0. The molecule has 0 aliphatic carbocycles. The molecule has 1 aliphatic heterocycles. The number of rotatable bonds is 1. The first-order chi connectivity index (χ1) is 4.30. The molecule has 1 aliphatic rings. The highest BCUT2D eigenvalue weighted by molar-refractivity contribution is 4.83. The van der Waals surface area contributed by atoms with Gasteiger partial charge in [-0.15, -0.1) is 0 Å². The van der Waals surface area contributed by atoms with E-state index in [2.05, 4.69) is 19.9 Å². The Hall–Kier alpha value is -0.460. The molecular weight excluding hydrogens is 112 g/mol. The zero-order valence-corrected chi connectivity index (χ0v) is 6.13. The molecule has 0 spiro atoms. The van der Waals surface area contributed by atoms with Crippen LogP contribution in [0.1, 0.15) is 26.7 Å². The van der Waals surface area contributed by atoms with E-state index in [0.29, 0.717) is 12.0 Å². The zero-order chi connectivity index (χ0) is 6.69. The third kappa shape index (κ3) is 1.74. The van der Waals surface area contributed by atoms with Crippen LogP contribution in [0.25, 0.3) is 0 Å². The Kier molecular flexibility index (Phi) is 2.15. The summed E-state index contributed by atoms with van der Waals surface area (Å²) in [5.41, 5.74) is 0. The highest BCUT2D eigenvalue weighted by Crippen LogP contribution is 2.17. The molecule has 1 unspecified atom stereocenters. The Labute approximate surface area is 56.7 Å². The minimum Gasteiger partial charge on any atom is -0.498 e. The Bertz CT molecular complexity index is 105. The molecule has 0 aromatic carbocycles. The summed E-state index contributed by atoms with van der Waals surface area (Å²) in [5, 5.41) is 0. The molecule has 0 N–H and O–H groups in total. The van der Waals surface area contributed by atoms with E-state index in [9.17, 15) is 0 Å². The molecule has 1 heterocycles. The van der Waals surface area contributed by atoms with Gasteiger partial charge in [-0.25, -0.2) is 0 Å².